The zero-order valence-corrected chi connectivity index (χ0v) is 11.1. The predicted octanol–water partition coefficient (Wildman–Crippen LogP) is 0.822. The molecule has 1 heterocycles. The molecule has 8 heteroatoms. The van der Waals surface area contributed by atoms with Gasteiger partial charge in [0, 0.05) is 23.7 Å². The lowest BCUT2D eigenvalue weighted by molar-refractivity contribution is -0.119. The summed E-state index contributed by atoms with van der Waals surface area (Å²) in [5, 5.41) is 16.4. The Morgan fingerprint density at radius 1 is 1.42 bits per heavy atom. The number of H-pyrrole nitrogens is 1. The molecule has 2 rings (SSSR count). The summed E-state index contributed by atoms with van der Waals surface area (Å²) >= 11 is 0. The lowest BCUT2D eigenvalue weighted by Gasteiger charge is -2.09. The maximum Gasteiger partial charge on any atom is 0.228 e. The Kier molecular flexibility index (Phi) is 5.40. The minimum atomic E-state index is -0.207. The quantitative estimate of drug-likeness (QED) is 0.769. The van der Waals surface area contributed by atoms with Crippen LogP contribution in [0.4, 0.5) is 5.69 Å². The van der Waals surface area contributed by atoms with Crippen LogP contribution >= 0.6 is 12.4 Å². The highest BCUT2D eigenvalue weighted by Crippen LogP contribution is 2.17. The van der Waals surface area contributed by atoms with Crippen LogP contribution in [0.5, 0.6) is 0 Å². The average Bonchev–Trinajstić information content (AvgIpc) is 2.92. The summed E-state index contributed by atoms with van der Waals surface area (Å²) in [5.74, 6) is 0.217. The maximum absolute atomic E-state index is 11.6. The summed E-state index contributed by atoms with van der Waals surface area (Å²) in [4.78, 5) is 11.6. The Labute approximate surface area is 116 Å². The summed E-state index contributed by atoms with van der Waals surface area (Å²) in [6.45, 7) is 2.11. The molecule has 2 aromatic rings. The molecule has 0 radical (unpaired) electrons. The first-order valence-corrected chi connectivity index (χ1v) is 5.55. The number of amides is 1. The van der Waals surface area contributed by atoms with Crippen molar-refractivity contribution in [3.8, 4) is 11.4 Å². The van der Waals surface area contributed by atoms with Crippen molar-refractivity contribution in [1.29, 1.82) is 0 Å². The standard InChI is InChI=1S/C11H14N6O.ClH/c1-7(6-12)11(18)13-9-4-2-8(3-5-9)10-14-16-17-15-10;/h2-5,7H,6,12H2,1H3,(H,13,18)(H,14,15,16,17);1H. The SMILES string of the molecule is CC(CN)C(=O)Nc1ccc(-c2nn[nH]n2)cc1.Cl. The first-order chi connectivity index (χ1) is 8.70. The fraction of sp³-hybridized carbons (Fsp3) is 0.273. The molecule has 1 atom stereocenters. The van der Waals surface area contributed by atoms with Crippen LogP contribution in [-0.2, 0) is 4.79 Å². The van der Waals surface area contributed by atoms with Gasteiger partial charge in [0.15, 0.2) is 0 Å². The van der Waals surface area contributed by atoms with Crippen LogP contribution in [0.25, 0.3) is 11.4 Å². The van der Waals surface area contributed by atoms with E-state index in [1.165, 1.54) is 0 Å². The Bertz CT molecular complexity index is 512. The number of nitrogens with two attached hydrogens (primary N) is 1. The Balaban J connectivity index is 0.00000180. The third kappa shape index (κ3) is 3.73. The highest BCUT2D eigenvalue weighted by molar-refractivity contribution is 5.92. The van der Waals surface area contributed by atoms with E-state index in [9.17, 15) is 4.79 Å². The van der Waals surface area contributed by atoms with Crippen molar-refractivity contribution in [1.82, 2.24) is 20.6 Å². The van der Waals surface area contributed by atoms with E-state index in [0.29, 0.717) is 18.1 Å². The van der Waals surface area contributed by atoms with Gasteiger partial charge in [-0.2, -0.15) is 5.21 Å². The monoisotopic (exact) mass is 282 g/mol. The van der Waals surface area contributed by atoms with Gasteiger partial charge in [0.1, 0.15) is 0 Å². The van der Waals surface area contributed by atoms with Crippen molar-refractivity contribution in [2.24, 2.45) is 11.7 Å². The molecule has 0 aliphatic carbocycles. The summed E-state index contributed by atoms with van der Waals surface area (Å²) in [6.07, 6.45) is 0. The fourth-order valence-electron chi connectivity index (χ4n) is 1.36. The molecular formula is C11H15ClN6O. The van der Waals surface area contributed by atoms with E-state index in [1.807, 2.05) is 12.1 Å². The number of aromatic nitrogens is 4. The third-order valence-electron chi connectivity index (χ3n) is 2.56. The van der Waals surface area contributed by atoms with Crippen molar-refractivity contribution in [2.45, 2.75) is 6.92 Å². The normalized spacial score (nSPS) is 11.5. The number of carbonyl (C=O) groups excluding carboxylic acids is 1. The minimum Gasteiger partial charge on any atom is -0.330 e. The van der Waals surface area contributed by atoms with Crippen LogP contribution in [0.2, 0.25) is 0 Å². The second kappa shape index (κ2) is 6.81. The summed E-state index contributed by atoms with van der Waals surface area (Å²) in [7, 11) is 0. The van der Waals surface area contributed by atoms with Crippen LogP contribution in [0.3, 0.4) is 0 Å². The van der Waals surface area contributed by atoms with Gasteiger partial charge in [-0.3, -0.25) is 4.79 Å². The number of hydrogen-bond acceptors (Lipinski definition) is 5. The Hall–Kier alpha value is -1.99. The smallest absolute Gasteiger partial charge is 0.228 e. The number of carbonyl (C=O) groups is 1. The topological polar surface area (TPSA) is 110 Å². The van der Waals surface area contributed by atoms with Crippen LogP contribution in [0.1, 0.15) is 6.92 Å². The molecule has 19 heavy (non-hydrogen) atoms. The molecule has 0 bridgehead atoms. The van der Waals surface area contributed by atoms with Gasteiger partial charge in [0.2, 0.25) is 11.7 Å². The molecule has 1 amide bonds. The maximum atomic E-state index is 11.6. The molecule has 1 unspecified atom stereocenters. The minimum absolute atomic E-state index is 0. The first-order valence-electron chi connectivity index (χ1n) is 5.55. The van der Waals surface area contributed by atoms with Crippen LogP contribution < -0.4 is 11.1 Å². The van der Waals surface area contributed by atoms with Gasteiger partial charge < -0.3 is 11.1 Å². The molecule has 0 aliphatic rings. The summed E-state index contributed by atoms with van der Waals surface area (Å²) in [6, 6.07) is 7.20. The molecule has 7 nitrogen and oxygen atoms in total. The largest absolute Gasteiger partial charge is 0.330 e. The van der Waals surface area contributed by atoms with Crippen molar-refractivity contribution in [3.05, 3.63) is 24.3 Å². The van der Waals surface area contributed by atoms with E-state index in [4.69, 9.17) is 5.73 Å². The number of anilines is 1. The van der Waals surface area contributed by atoms with Crippen LogP contribution in [0.15, 0.2) is 24.3 Å². The highest BCUT2D eigenvalue weighted by Gasteiger charge is 2.10. The number of rotatable bonds is 4. The van der Waals surface area contributed by atoms with E-state index < -0.39 is 0 Å². The van der Waals surface area contributed by atoms with Crippen molar-refractivity contribution >= 4 is 24.0 Å². The second-order valence-electron chi connectivity index (χ2n) is 3.94. The van der Waals surface area contributed by atoms with E-state index in [0.717, 1.165) is 5.56 Å². The number of halogens is 1. The first kappa shape index (κ1) is 15.1. The van der Waals surface area contributed by atoms with Gasteiger partial charge in [0.25, 0.3) is 0 Å². The van der Waals surface area contributed by atoms with Crippen molar-refractivity contribution in [2.75, 3.05) is 11.9 Å². The molecule has 0 fully saturated rings. The molecular weight excluding hydrogens is 268 g/mol. The number of aromatic amines is 1. The number of nitrogens with one attached hydrogen (secondary N) is 2. The molecule has 0 saturated carbocycles. The van der Waals surface area contributed by atoms with Gasteiger partial charge in [-0.25, -0.2) is 0 Å². The lowest BCUT2D eigenvalue weighted by atomic mass is 10.1. The van der Waals surface area contributed by atoms with Gasteiger partial charge in [-0.15, -0.1) is 22.6 Å². The zero-order valence-electron chi connectivity index (χ0n) is 10.3. The van der Waals surface area contributed by atoms with Crippen molar-refractivity contribution in [3.63, 3.8) is 0 Å². The molecule has 0 saturated heterocycles. The fourth-order valence-corrected chi connectivity index (χ4v) is 1.36. The zero-order chi connectivity index (χ0) is 13.0. The molecule has 1 aromatic heterocycles. The van der Waals surface area contributed by atoms with Gasteiger partial charge in [-0.1, -0.05) is 6.92 Å². The molecule has 0 spiro atoms. The highest BCUT2D eigenvalue weighted by atomic mass is 35.5. The predicted molar refractivity (Wildman–Crippen MR) is 73.7 cm³/mol. The van der Waals surface area contributed by atoms with Gasteiger partial charge >= 0.3 is 0 Å². The molecule has 1 aromatic carbocycles. The van der Waals surface area contributed by atoms with E-state index in [1.54, 1.807) is 19.1 Å². The Morgan fingerprint density at radius 3 is 2.63 bits per heavy atom. The third-order valence-corrected chi connectivity index (χ3v) is 2.56. The Morgan fingerprint density at radius 2 is 2.11 bits per heavy atom. The van der Waals surface area contributed by atoms with Gasteiger partial charge in [-0.05, 0) is 29.5 Å². The van der Waals surface area contributed by atoms with Crippen LogP contribution in [0, 0.1) is 5.92 Å². The van der Waals surface area contributed by atoms with Gasteiger partial charge in [0.05, 0.1) is 0 Å². The molecule has 4 N–H and O–H groups in total. The van der Waals surface area contributed by atoms with E-state index in [2.05, 4.69) is 25.9 Å². The summed E-state index contributed by atoms with van der Waals surface area (Å²) < 4.78 is 0. The molecule has 0 aliphatic heterocycles. The number of nitrogens with zero attached hydrogens (tertiary/aromatic N) is 3. The summed E-state index contributed by atoms with van der Waals surface area (Å²) in [5.41, 5.74) is 6.97. The lowest BCUT2D eigenvalue weighted by Crippen LogP contribution is -2.26. The van der Waals surface area contributed by atoms with E-state index >= 15 is 0 Å². The molecule has 102 valence electrons. The number of hydrogen-bond donors (Lipinski definition) is 3. The van der Waals surface area contributed by atoms with Crippen LogP contribution in [-0.4, -0.2) is 33.1 Å². The number of tetrazole rings is 1. The van der Waals surface area contributed by atoms with Crippen molar-refractivity contribution < 1.29 is 4.79 Å². The van der Waals surface area contributed by atoms with E-state index in [-0.39, 0.29) is 24.2 Å². The second-order valence-corrected chi connectivity index (χ2v) is 3.94. The number of benzene rings is 1. The average molecular weight is 283 g/mol.